The fraction of sp³-hybridized carbons (Fsp3) is 0.391. The van der Waals surface area contributed by atoms with Crippen LogP contribution in [-0.4, -0.2) is 35.5 Å². The second-order valence-corrected chi connectivity index (χ2v) is 7.48. The molecule has 4 rings (SSSR count). The van der Waals surface area contributed by atoms with Crippen LogP contribution in [0.15, 0.2) is 60.7 Å². The van der Waals surface area contributed by atoms with Gasteiger partial charge in [-0.2, -0.15) is 0 Å². The molecule has 140 valence electrons. The zero-order valence-electron chi connectivity index (χ0n) is 15.4. The monoisotopic (exact) mass is 363 g/mol. The van der Waals surface area contributed by atoms with Crippen molar-refractivity contribution in [1.82, 2.24) is 4.90 Å². The third kappa shape index (κ3) is 3.75. The lowest BCUT2D eigenvalue weighted by Gasteiger charge is -2.47. The zero-order valence-corrected chi connectivity index (χ0v) is 15.4. The van der Waals surface area contributed by atoms with Crippen LogP contribution in [0.2, 0.25) is 0 Å². The molecule has 0 spiro atoms. The first kappa shape index (κ1) is 17.8. The summed E-state index contributed by atoms with van der Waals surface area (Å²) in [5.74, 6) is 0.0703. The number of esters is 1. The Morgan fingerprint density at radius 1 is 0.815 bits per heavy atom. The maximum absolute atomic E-state index is 13.0. The average molecular weight is 363 g/mol. The number of fused-ring (bicyclic) bond motifs is 1. The van der Waals surface area contributed by atoms with Crippen LogP contribution in [0.4, 0.5) is 0 Å². The van der Waals surface area contributed by atoms with E-state index in [4.69, 9.17) is 4.74 Å². The van der Waals surface area contributed by atoms with Crippen molar-refractivity contribution in [1.29, 1.82) is 0 Å². The van der Waals surface area contributed by atoms with E-state index in [2.05, 4.69) is 0 Å². The van der Waals surface area contributed by atoms with E-state index in [1.807, 2.05) is 53.4 Å². The average Bonchev–Trinajstić information content (AvgIpc) is 2.75. The molecule has 1 amide bonds. The second kappa shape index (κ2) is 7.95. The van der Waals surface area contributed by atoms with Crippen molar-refractivity contribution in [2.24, 2.45) is 5.92 Å². The van der Waals surface area contributed by atoms with E-state index in [-0.39, 0.29) is 29.9 Å². The number of likely N-dealkylation sites (tertiary alicyclic amines) is 1. The van der Waals surface area contributed by atoms with Gasteiger partial charge in [-0.25, -0.2) is 4.79 Å². The SMILES string of the molecule is O=C(O[C@H]1CCN(C(=O)c2ccccc2)[C@@H]2CCCC[C@H]12)c1ccccc1. The molecule has 4 heteroatoms. The lowest BCUT2D eigenvalue weighted by Crippen LogP contribution is -2.55. The van der Waals surface area contributed by atoms with E-state index in [1.54, 1.807) is 12.1 Å². The van der Waals surface area contributed by atoms with E-state index < -0.39 is 0 Å². The van der Waals surface area contributed by atoms with Crippen LogP contribution in [0.1, 0.15) is 52.8 Å². The molecule has 2 aliphatic rings. The number of carbonyl (C=O) groups excluding carboxylic acids is 2. The van der Waals surface area contributed by atoms with Gasteiger partial charge in [0.1, 0.15) is 6.10 Å². The summed E-state index contributed by atoms with van der Waals surface area (Å²) in [5, 5.41) is 0. The summed E-state index contributed by atoms with van der Waals surface area (Å²) in [6, 6.07) is 18.8. The molecule has 2 aromatic carbocycles. The van der Waals surface area contributed by atoms with Gasteiger partial charge < -0.3 is 9.64 Å². The van der Waals surface area contributed by atoms with Crippen LogP contribution in [0.3, 0.4) is 0 Å². The zero-order chi connectivity index (χ0) is 18.6. The van der Waals surface area contributed by atoms with Gasteiger partial charge in [-0.3, -0.25) is 4.79 Å². The maximum Gasteiger partial charge on any atom is 0.338 e. The van der Waals surface area contributed by atoms with Crippen molar-refractivity contribution in [2.45, 2.75) is 44.2 Å². The third-order valence-corrected chi connectivity index (χ3v) is 5.86. The minimum Gasteiger partial charge on any atom is -0.458 e. The normalized spacial score (nSPS) is 24.7. The molecule has 2 aromatic rings. The summed E-state index contributed by atoms with van der Waals surface area (Å²) < 4.78 is 5.90. The van der Waals surface area contributed by atoms with Gasteiger partial charge in [-0.05, 0) is 37.1 Å². The van der Waals surface area contributed by atoms with E-state index in [1.165, 1.54) is 0 Å². The highest BCUT2D eigenvalue weighted by atomic mass is 16.5. The molecule has 0 N–H and O–H groups in total. The number of piperidine rings is 1. The van der Waals surface area contributed by atoms with E-state index in [9.17, 15) is 9.59 Å². The number of nitrogens with zero attached hydrogens (tertiary/aromatic N) is 1. The summed E-state index contributed by atoms with van der Waals surface area (Å²) in [5.41, 5.74) is 1.33. The lowest BCUT2D eigenvalue weighted by atomic mass is 9.76. The van der Waals surface area contributed by atoms with Crippen LogP contribution in [0.25, 0.3) is 0 Å². The number of rotatable bonds is 3. The Labute approximate surface area is 160 Å². The predicted molar refractivity (Wildman–Crippen MR) is 103 cm³/mol. The molecule has 4 nitrogen and oxygen atoms in total. The molecule has 1 saturated heterocycles. The first-order valence-corrected chi connectivity index (χ1v) is 9.86. The lowest BCUT2D eigenvalue weighted by molar-refractivity contribution is -0.0447. The molecule has 0 aromatic heterocycles. The number of benzene rings is 2. The minimum atomic E-state index is -0.257. The van der Waals surface area contributed by atoms with E-state index in [0.717, 1.165) is 31.2 Å². The molecule has 1 aliphatic carbocycles. The smallest absolute Gasteiger partial charge is 0.338 e. The van der Waals surface area contributed by atoms with Crippen molar-refractivity contribution in [2.75, 3.05) is 6.54 Å². The Bertz CT molecular complexity index is 790. The fourth-order valence-corrected chi connectivity index (χ4v) is 4.53. The van der Waals surface area contributed by atoms with Crippen molar-refractivity contribution < 1.29 is 14.3 Å². The first-order chi connectivity index (χ1) is 13.2. The van der Waals surface area contributed by atoms with Crippen molar-refractivity contribution in [3.8, 4) is 0 Å². The molecule has 0 bridgehead atoms. The summed E-state index contributed by atoms with van der Waals surface area (Å²) >= 11 is 0. The Hall–Kier alpha value is -2.62. The molecule has 2 fully saturated rings. The number of carbonyl (C=O) groups is 2. The number of amides is 1. The van der Waals surface area contributed by atoms with Gasteiger partial charge in [0.2, 0.25) is 0 Å². The Morgan fingerprint density at radius 3 is 2.15 bits per heavy atom. The van der Waals surface area contributed by atoms with Crippen LogP contribution in [0.5, 0.6) is 0 Å². The minimum absolute atomic E-state index is 0.0975. The maximum atomic E-state index is 13.0. The number of hydrogen-bond acceptors (Lipinski definition) is 3. The highest BCUT2D eigenvalue weighted by Crippen LogP contribution is 2.38. The molecule has 1 saturated carbocycles. The molecule has 3 atom stereocenters. The first-order valence-electron chi connectivity index (χ1n) is 9.86. The standard InChI is InChI=1S/C23H25NO3/c25-22(17-9-3-1-4-10-17)24-16-15-21(19-13-7-8-14-20(19)24)27-23(26)18-11-5-2-6-12-18/h1-6,9-12,19-21H,7-8,13-16H2/t19-,20+,21-/m0/s1. The van der Waals surface area contributed by atoms with Gasteiger partial charge in [0.05, 0.1) is 5.56 Å². The van der Waals surface area contributed by atoms with Gasteiger partial charge in [-0.15, -0.1) is 0 Å². The largest absolute Gasteiger partial charge is 0.458 e. The Kier molecular flexibility index (Phi) is 5.23. The number of ether oxygens (including phenoxy) is 1. The van der Waals surface area contributed by atoms with Crippen molar-refractivity contribution in [3.63, 3.8) is 0 Å². The van der Waals surface area contributed by atoms with Crippen LogP contribution in [0, 0.1) is 5.92 Å². The van der Waals surface area contributed by atoms with Gasteiger partial charge in [0, 0.05) is 30.5 Å². The van der Waals surface area contributed by atoms with Gasteiger partial charge >= 0.3 is 5.97 Å². The summed E-state index contributed by atoms with van der Waals surface area (Å²) in [7, 11) is 0. The number of hydrogen-bond donors (Lipinski definition) is 0. The quantitative estimate of drug-likeness (QED) is 0.763. The summed E-state index contributed by atoms with van der Waals surface area (Å²) in [6.07, 6.45) is 4.85. The van der Waals surface area contributed by atoms with E-state index >= 15 is 0 Å². The summed E-state index contributed by atoms with van der Waals surface area (Å²) in [4.78, 5) is 27.6. The second-order valence-electron chi connectivity index (χ2n) is 7.48. The molecular weight excluding hydrogens is 338 g/mol. The van der Waals surface area contributed by atoms with Crippen molar-refractivity contribution in [3.05, 3.63) is 71.8 Å². The van der Waals surface area contributed by atoms with Crippen LogP contribution < -0.4 is 0 Å². The highest BCUT2D eigenvalue weighted by molar-refractivity contribution is 5.94. The topological polar surface area (TPSA) is 46.6 Å². The van der Waals surface area contributed by atoms with E-state index in [0.29, 0.717) is 18.5 Å². The molecule has 1 aliphatic heterocycles. The van der Waals surface area contributed by atoms with Gasteiger partial charge in [0.15, 0.2) is 0 Å². The highest BCUT2D eigenvalue weighted by Gasteiger charge is 2.43. The third-order valence-electron chi connectivity index (χ3n) is 5.86. The summed E-state index contributed by atoms with van der Waals surface area (Å²) in [6.45, 7) is 0.641. The Balaban J connectivity index is 1.50. The van der Waals surface area contributed by atoms with Crippen LogP contribution >= 0.6 is 0 Å². The molecule has 27 heavy (non-hydrogen) atoms. The predicted octanol–water partition coefficient (Wildman–Crippen LogP) is 4.32. The molecule has 0 unspecified atom stereocenters. The van der Waals surface area contributed by atoms with Crippen molar-refractivity contribution >= 4 is 11.9 Å². The van der Waals surface area contributed by atoms with Gasteiger partial charge in [-0.1, -0.05) is 49.2 Å². The van der Waals surface area contributed by atoms with Gasteiger partial charge in [0.25, 0.3) is 5.91 Å². The molecule has 0 radical (unpaired) electrons. The fourth-order valence-electron chi connectivity index (χ4n) is 4.53. The Morgan fingerprint density at radius 2 is 1.44 bits per heavy atom. The van der Waals surface area contributed by atoms with Crippen LogP contribution in [-0.2, 0) is 4.74 Å². The molecular formula is C23H25NO3. The molecule has 1 heterocycles.